The quantitative estimate of drug-likeness (QED) is 0.329. The Labute approximate surface area is 209 Å². The zero-order valence-electron chi connectivity index (χ0n) is 19.6. The normalized spacial score (nSPS) is 12.4. The number of amides is 3. The summed E-state index contributed by atoms with van der Waals surface area (Å²) < 4.78 is 0. The zero-order chi connectivity index (χ0) is 24.9. The minimum atomic E-state index is -0.252. The molecular formula is C30H25N3O3. The van der Waals surface area contributed by atoms with Gasteiger partial charge in [-0.2, -0.15) is 0 Å². The number of rotatable bonds is 8. The first kappa shape index (κ1) is 23.1. The average Bonchev–Trinajstić information content (AvgIpc) is 3.17. The van der Waals surface area contributed by atoms with Crippen LogP contribution in [0, 0.1) is 0 Å². The van der Waals surface area contributed by atoms with E-state index in [1.165, 1.54) is 4.90 Å². The van der Waals surface area contributed by atoms with Crippen LogP contribution in [-0.2, 0) is 0 Å². The molecule has 0 spiro atoms. The number of hydrogen-bond acceptors (Lipinski definition) is 4. The highest BCUT2D eigenvalue weighted by Crippen LogP contribution is 2.33. The zero-order valence-corrected chi connectivity index (χ0v) is 19.6. The lowest BCUT2D eigenvalue weighted by Crippen LogP contribution is -2.33. The SMILES string of the molecule is O=C(Nc1ccccc1N(CCCN1C(=O)c2ccccc2C1=O)c1ccccc1)c1ccccc1. The summed E-state index contributed by atoms with van der Waals surface area (Å²) in [5, 5.41) is 3.04. The van der Waals surface area contributed by atoms with Crippen LogP contribution in [0.3, 0.4) is 0 Å². The van der Waals surface area contributed by atoms with E-state index in [0.29, 0.717) is 41.9 Å². The number of carbonyl (C=O) groups excluding carboxylic acids is 3. The van der Waals surface area contributed by atoms with Gasteiger partial charge in [0.25, 0.3) is 17.7 Å². The van der Waals surface area contributed by atoms with Crippen molar-refractivity contribution in [1.82, 2.24) is 4.90 Å². The van der Waals surface area contributed by atoms with Crippen LogP contribution in [0.2, 0.25) is 0 Å². The maximum Gasteiger partial charge on any atom is 0.261 e. The third-order valence-corrected chi connectivity index (χ3v) is 6.19. The smallest absolute Gasteiger partial charge is 0.261 e. The summed E-state index contributed by atoms with van der Waals surface area (Å²) in [5.41, 5.74) is 3.93. The fourth-order valence-corrected chi connectivity index (χ4v) is 4.42. The maximum absolute atomic E-state index is 12.9. The van der Waals surface area contributed by atoms with Crippen LogP contribution in [0.15, 0.2) is 109 Å². The molecule has 0 bridgehead atoms. The molecule has 0 aromatic heterocycles. The topological polar surface area (TPSA) is 69.7 Å². The molecule has 6 heteroatoms. The molecule has 0 aliphatic carbocycles. The Morgan fingerprint density at radius 2 is 1.25 bits per heavy atom. The molecule has 0 saturated carbocycles. The summed E-state index contributed by atoms with van der Waals surface area (Å²) in [4.78, 5) is 41.8. The molecule has 5 rings (SSSR count). The number of benzene rings is 4. The molecule has 1 aliphatic rings. The molecule has 1 heterocycles. The van der Waals surface area contributed by atoms with Gasteiger partial charge in [0.1, 0.15) is 0 Å². The number of para-hydroxylation sites is 3. The number of anilines is 3. The van der Waals surface area contributed by atoms with Crippen LogP contribution in [0.5, 0.6) is 0 Å². The predicted molar refractivity (Wildman–Crippen MR) is 141 cm³/mol. The Hall–Kier alpha value is -4.71. The van der Waals surface area contributed by atoms with E-state index in [4.69, 9.17) is 0 Å². The molecule has 0 saturated heterocycles. The van der Waals surface area contributed by atoms with Crippen molar-refractivity contribution in [2.75, 3.05) is 23.3 Å². The number of hydrogen-bond donors (Lipinski definition) is 1. The van der Waals surface area contributed by atoms with Crippen LogP contribution in [0.4, 0.5) is 17.1 Å². The standard InChI is InChI=1S/C30H25N3O3/c34-28(22-12-3-1-4-13-22)31-26-18-9-10-19-27(26)32(23-14-5-2-6-15-23)20-11-21-33-29(35)24-16-7-8-17-25(24)30(33)36/h1-10,12-19H,11,20-21H2,(H,31,34). The molecule has 36 heavy (non-hydrogen) atoms. The lowest BCUT2D eigenvalue weighted by Gasteiger charge is -2.28. The first-order valence-electron chi connectivity index (χ1n) is 11.9. The molecule has 178 valence electrons. The van der Waals surface area contributed by atoms with E-state index < -0.39 is 0 Å². The Balaban J connectivity index is 1.37. The van der Waals surface area contributed by atoms with E-state index in [2.05, 4.69) is 10.2 Å². The number of carbonyl (C=O) groups is 3. The Morgan fingerprint density at radius 1 is 0.694 bits per heavy atom. The highest BCUT2D eigenvalue weighted by molar-refractivity contribution is 6.21. The van der Waals surface area contributed by atoms with Gasteiger partial charge in [-0.05, 0) is 55.0 Å². The summed E-state index contributed by atoms with van der Waals surface area (Å²) in [6, 6.07) is 33.5. The van der Waals surface area contributed by atoms with Crippen LogP contribution >= 0.6 is 0 Å². The van der Waals surface area contributed by atoms with Crippen molar-refractivity contribution in [1.29, 1.82) is 0 Å². The van der Waals surface area contributed by atoms with Gasteiger partial charge < -0.3 is 10.2 Å². The van der Waals surface area contributed by atoms with Gasteiger partial charge in [-0.25, -0.2) is 0 Å². The molecular weight excluding hydrogens is 450 g/mol. The summed E-state index contributed by atoms with van der Waals surface area (Å²) in [5.74, 6) is -0.697. The van der Waals surface area contributed by atoms with Crippen LogP contribution in [0.1, 0.15) is 37.5 Å². The fraction of sp³-hybridized carbons (Fsp3) is 0.100. The van der Waals surface area contributed by atoms with E-state index in [-0.39, 0.29) is 17.7 Å². The summed E-state index contributed by atoms with van der Waals surface area (Å²) in [6.07, 6.45) is 0.557. The first-order valence-corrected chi connectivity index (χ1v) is 11.9. The van der Waals surface area contributed by atoms with Crippen molar-refractivity contribution >= 4 is 34.8 Å². The molecule has 3 amide bonds. The summed E-state index contributed by atoms with van der Waals surface area (Å²) >= 11 is 0. The second-order valence-corrected chi connectivity index (χ2v) is 8.49. The van der Waals surface area contributed by atoms with Gasteiger partial charge in [-0.15, -0.1) is 0 Å². The molecule has 0 fully saturated rings. The molecule has 1 N–H and O–H groups in total. The van der Waals surface area contributed by atoms with Gasteiger partial charge in [-0.3, -0.25) is 19.3 Å². The molecule has 4 aromatic carbocycles. The van der Waals surface area contributed by atoms with E-state index in [1.807, 2.05) is 72.8 Å². The average molecular weight is 476 g/mol. The van der Waals surface area contributed by atoms with Crippen molar-refractivity contribution in [3.8, 4) is 0 Å². The molecule has 0 unspecified atom stereocenters. The third-order valence-electron chi connectivity index (χ3n) is 6.19. The molecule has 0 atom stereocenters. The van der Waals surface area contributed by atoms with Crippen LogP contribution in [-0.4, -0.2) is 35.7 Å². The van der Waals surface area contributed by atoms with Crippen molar-refractivity contribution in [3.05, 3.63) is 126 Å². The van der Waals surface area contributed by atoms with Gasteiger partial charge in [0.15, 0.2) is 0 Å². The lowest BCUT2D eigenvalue weighted by atomic mass is 10.1. The monoisotopic (exact) mass is 475 g/mol. The summed E-state index contributed by atoms with van der Waals surface area (Å²) in [7, 11) is 0. The van der Waals surface area contributed by atoms with Gasteiger partial charge in [0, 0.05) is 24.3 Å². The minimum absolute atomic E-state index is 0.193. The first-order chi connectivity index (χ1) is 17.6. The number of nitrogens with one attached hydrogen (secondary N) is 1. The largest absolute Gasteiger partial charge is 0.340 e. The van der Waals surface area contributed by atoms with E-state index in [9.17, 15) is 14.4 Å². The van der Waals surface area contributed by atoms with Crippen LogP contribution < -0.4 is 10.2 Å². The molecule has 6 nitrogen and oxygen atoms in total. The fourth-order valence-electron chi connectivity index (χ4n) is 4.42. The second kappa shape index (κ2) is 10.3. The Kier molecular flexibility index (Phi) is 6.58. The molecule has 4 aromatic rings. The number of imide groups is 1. The van der Waals surface area contributed by atoms with Gasteiger partial charge in [0.2, 0.25) is 0 Å². The van der Waals surface area contributed by atoms with Crippen molar-refractivity contribution in [3.63, 3.8) is 0 Å². The minimum Gasteiger partial charge on any atom is -0.340 e. The lowest BCUT2D eigenvalue weighted by molar-refractivity contribution is 0.0653. The molecule has 1 aliphatic heterocycles. The van der Waals surface area contributed by atoms with Crippen molar-refractivity contribution in [2.45, 2.75) is 6.42 Å². The van der Waals surface area contributed by atoms with E-state index >= 15 is 0 Å². The van der Waals surface area contributed by atoms with Gasteiger partial charge in [-0.1, -0.05) is 60.7 Å². The van der Waals surface area contributed by atoms with Crippen LogP contribution in [0.25, 0.3) is 0 Å². The van der Waals surface area contributed by atoms with Gasteiger partial charge in [0.05, 0.1) is 22.5 Å². The number of fused-ring (bicyclic) bond motifs is 1. The van der Waals surface area contributed by atoms with E-state index in [1.54, 1.807) is 36.4 Å². The van der Waals surface area contributed by atoms with Crippen molar-refractivity contribution < 1.29 is 14.4 Å². The second-order valence-electron chi connectivity index (χ2n) is 8.49. The van der Waals surface area contributed by atoms with E-state index in [0.717, 1.165) is 11.4 Å². The highest BCUT2D eigenvalue weighted by Gasteiger charge is 2.34. The molecule has 0 radical (unpaired) electrons. The summed E-state index contributed by atoms with van der Waals surface area (Å²) in [6.45, 7) is 0.837. The maximum atomic E-state index is 12.9. The predicted octanol–water partition coefficient (Wildman–Crippen LogP) is 5.76. The highest BCUT2D eigenvalue weighted by atomic mass is 16.2. The third kappa shape index (κ3) is 4.61. The number of nitrogens with zero attached hydrogens (tertiary/aromatic N) is 2. The van der Waals surface area contributed by atoms with Crippen molar-refractivity contribution in [2.24, 2.45) is 0 Å². The Bertz CT molecular complexity index is 1370. The van der Waals surface area contributed by atoms with Gasteiger partial charge >= 0.3 is 0 Å². The Morgan fingerprint density at radius 3 is 1.92 bits per heavy atom.